The van der Waals surface area contributed by atoms with E-state index in [2.05, 4.69) is 36.4 Å². The zero-order chi connectivity index (χ0) is 14.1. The third-order valence-electron chi connectivity index (χ3n) is 2.83. The molecule has 0 spiro atoms. The Kier molecular flexibility index (Phi) is 22.2. The van der Waals surface area contributed by atoms with Crippen LogP contribution in [0.2, 0.25) is 0 Å². The molecule has 110 valence electrons. The van der Waals surface area contributed by atoms with Crippen molar-refractivity contribution in [3.05, 3.63) is 12.7 Å². The van der Waals surface area contributed by atoms with E-state index >= 15 is 0 Å². The molecule has 0 bridgehead atoms. The summed E-state index contributed by atoms with van der Waals surface area (Å²) < 4.78 is 0. The molecule has 0 saturated heterocycles. The molecular weight excluding hydrogens is 288 g/mol. The van der Waals surface area contributed by atoms with Gasteiger partial charge in [-0.1, -0.05) is 80.8 Å². The standard InChI is InChI=1S/C8H17BrO.C8H16/c1-2-3-4-5-6-8(9)7-10;1-3-5-7-8-6-4-2/h8,10H,2-7H2,1H3;3H,1,4-8H2,2H3. The summed E-state index contributed by atoms with van der Waals surface area (Å²) in [5.74, 6) is 0. The molecule has 0 fully saturated rings. The van der Waals surface area contributed by atoms with Crippen molar-refractivity contribution in [2.75, 3.05) is 6.61 Å². The molecule has 1 atom stereocenters. The van der Waals surface area contributed by atoms with Gasteiger partial charge in [0, 0.05) is 4.83 Å². The Morgan fingerprint density at radius 3 is 2.00 bits per heavy atom. The normalized spacial score (nSPS) is 11.6. The highest BCUT2D eigenvalue weighted by Gasteiger charge is 1.99. The van der Waals surface area contributed by atoms with Crippen LogP contribution in [0.15, 0.2) is 12.7 Å². The maximum atomic E-state index is 8.64. The summed E-state index contributed by atoms with van der Waals surface area (Å²) in [6, 6.07) is 0. The minimum Gasteiger partial charge on any atom is -0.395 e. The Hall–Kier alpha value is 0.180. The average molecular weight is 321 g/mol. The van der Waals surface area contributed by atoms with Crippen molar-refractivity contribution in [1.29, 1.82) is 0 Å². The van der Waals surface area contributed by atoms with Gasteiger partial charge in [-0.25, -0.2) is 0 Å². The van der Waals surface area contributed by atoms with E-state index < -0.39 is 0 Å². The van der Waals surface area contributed by atoms with Crippen LogP contribution in [-0.2, 0) is 0 Å². The van der Waals surface area contributed by atoms with Crippen LogP contribution < -0.4 is 0 Å². The second kappa shape index (κ2) is 19.5. The Bertz CT molecular complexity index is 148. The summed E-state index contributed by atoms with van der Waals surface area (Å²) >= 11 is 3.38. The van der Waals surface area contributed by atoms with E-state index in [9.17, 15) is 0 Å². The molecular formula is C16H33BrO. The summed E-state index contributed by atoms with van der Waals surface area (Å²) in [4.78, 5) is 0.323. The molecule has 0 saturated carbocycles. The molecule has 1 unspecified atom stereocenters. The van der Waals surface area contributed by atoms with Crippen LogP contribution >= 0.6 is 15.9 Å². The number of aliphatic hydroxyl groups excluding tert-OH is 1. The number of aliphatic hydroxyl groups is 1. The molecule has 0 aromatic heterocycles. The van der Waals surface area contributed by atoms with E-state index in [-0.39, 0.29) is 6.61 Å². The number of rotatable bonds is 11. The molecule has 0 aliphatic rings. The minimum absolute atomic E-state index is 0.270. The second-order valence-corrected chi connectivity index (χ2v) is 6.06. The third kappa shape index (κ3) is 21.5. The molecule has 0 rings (SSSR count). The summed E-state index contributed by atoms with van der Waals surface area (Å²) in [6.45, 7) is 8.36. The Balaban J connectivity index is 0. The molecule has 2 heteroatoms. The van der Waals surface area contributed by atoms with Gasteiger partial charge < -0.3 is 5.11 Å². The molecule has 0 heterocycles. The van der Waals surface area contributed by atoms with Gasteiger partial charge in [-0.3, -0.25) is 0 Å². The average Bonchev–Trinajstić information content (AvgIpc) is 2.40. The fourth-order valence-electron chi connectivity index (χ4n) is 1.60. The maximum Gasteiger partial charge on any atom is 0.0556 e. The van der Waals surface area contributed by atoms with Gasteiger partial charge in [0.25, 0.3) is 0 Å². The smallest absolute Gasteiger partial charge is 0.0556 e. The monoisotopic (exact) mass is 320 g/mol. The second-order valence-electron chi connectivity index (χ2n) is 4.77. The van der Waals surface area contributed by atoms with Crippen molar-refractivity contribution in [1.82, 2.24) is 0 Å². The van der Waals surface area contributed by atoms with Crippen molar-refractivity contribution in [2.45, 2.75) is 82.9 Å². The van der Waals surface area contributed by atoms with Crippen molar-refractivity contribution in [2.24, 2.45) is 0 Å². The fraction of sp³-hybridized carbons (Fsp3) is 0.875. The minimum atomic E-state index is 0.270. The lowest BCUT2D eigenvalue weighted by Gasteiger charge is -2.03. The molecule has 1 nitrogen and oxygen atoms in total. The zero-order valence-corrected chi connectivity index (χ0v) is 14.1. The summed E-state index contributed by atoms with van der Waals surface area (Å²) in [5.41, 5.74) is 0. The van der Waals surface area contributed by atoms with Gasteiger partial charge in [0.15, 0.2) is 0 Å². The molecule has 0 aromatic carbocycles. The highest BCUT2D eigenvalue weighted by molar-refractivity contribution is 9.09. The number of allylic oxidation sites excluding steroid dienone is 1. The fourth-order valence-corrected chi connectivity index (χ4v) is 1.92. The number of hydrogen-bond acceptors (Lipinski definition) is 1. The predicted molar refractivity (Wildman–Crippen MR) is 87.5 cm³/mol. The quantitative estimate of drug-likeness (QED) is 0.287. The SMILES string of the molecule is C=CCCCCCC.CCCCCCC(Br)CO. The van der Waals surface area contributed by atoms with E-state index in [1.165, 1.54) is 57.8 Å². The predicted octanol–water partition coefficient (Wildman–Crippen LogP) is 5.86. The summed E-state index contributed by atoms with van der Waals surface area (Å²) in [7, 11) is 0. The van der Waals surface area contributed by atoms with Crippen LogP contribution in [0.25, 0.3) is 0 Å². The number of hydrogen-bond donors (Lipinski definition) is 1. The van der Waals surface area contributed by atoms with Gasteiger partial charge in [-0.15, -0.1) is 6.58 Å². The molecule has 0 aromatic rings. The molecule has 0 radical (unpaired) electrons. The first kappa shape index (κ1) is 20.5. The lowest BCUT2D eigenvalue weighted by atomic mass is 10.1. The van der Waals surface area contributed by atoms with Gasteiger partial charge >= 0.3 is 0 Å². The highest BCUT2D eigenvalue weighted by Crippen LogP contribution is 2.10. The van der Waals surface area contributed by atoms with E-state index in [1.807, 2.05) is 6.08 Å². The Morgan fingerprint density at radius 2 is 1.56 bits per heavy atom. The van der Waals surface area contributed by atoms with Crippen LogP contribution in [0.5, 0.6) is 0 Å². The van der Waals surface area contributed by atoms with Crippen LogP contribution in [0.3, 0.4) is 0 Å². The van der Waals surface area contributed by atoms with Gasteiger partial charge in [0.2, 0.25) is 0 Å². The molecule has 0 amide bonds. The van der Waals surface area contributed by atoms with Gasteiger partial charge in [-0.2, -0.15) is 0 Å². The van der Waals surface area contributed by atoms with Gasteiger partial charge in [-0.05, 0) is 19.3 Å². The topological polar surface area (TPSA) is 20.2 Å². The largest absolute Gasteiger partial charge is 0.395 e. The Labute approximate surface area is 123 Å². The summed E-state index contributed by atoms with van der Waals surface area (Å²) in [6.07, 6.45) is 14.9. The third-order valence-corrected chi connectivity index (χ3v) is 3.58. The molecule has 0 aliphatic heterocycles. The first-order valence-corrected chi connectivity index (χ1v) is 8.50. The van der Waals surface area contributed by atoms with E-state index in [4.69, 9.17) is 5.11 Å². The first-order valence-electron chi connectivity index (χ1n) is 7.58. The van der Waals surface area contributed by atoms with E-state index in [0.29, 0.717) is 4.83 Å². The number of alkyl halides is 1. The number of unbranched alkanes of at least 4 members (excludes halogenated alkanes) is 7. The van der Waals surface area contributed by atoms with Crippen LogP contribution in [0.4, 0.5) is 0 Å². The molecule has 18 heavy (non-hydrogen) atoms. The maximum absolute atomic E-state index is 8.64. The van der Waals surface area contributed by atoms with Crippen LogP contribution in [0, 0.1) is 0 Å². The van der Waals surface area contributed by atoms with Crippen molar-refractivity contribution < 1.29 is 5.11 Å². The van der Waals surface area contributed by atoms with Crippen molar-refractivity contribution in [3.8, 4) is 0 Å². The van der Waals surface area contributed by atoms with Crippen molar-refractivity contribution in [3.63, 3.8) is 0 Å². The van der Waals surface area contributed by atoms with E-state index in [0.717, 1.165) is 6.42 Å². The lowest BCUT2D eigenvalue weighted by Crippen LogP contribution is -2.02. The van der Waals surface area contributed by atoms with Crippen LogP contribution in [0.1, 0.15) is 78.1 Å². The highest BCUT2D eigenvalue weighted by atomic mass is 79.9. The summed E-state index contributed by atoms with van der Waals surface area (Å²) in [5, 5.41) is 8.64. The van der Waals surface area contributed by atoms with Crippen molar-refractivity contribution >= 4 is 15.9 Å². The van der Waals surface area contributed by atoms with Gasteiger partial charge in [0.1, 0.15) is 0 Å². The molecule has 0 aliphatic carbocycles. The lowest BCUT2D eigenvalue weighted by molar-refractivity contribution is 0.290. The Morgan fingerprint density at radius 1 is 1.00 bits per heavy atom. The van der Waals surface area contributed by atoms with Crippen LogP contribution in [-0.4, -0.2) is 16.5 Å². The van der Waals surface area contributed by atoms with Gasteiger partial charge in [0.05, 0.1) is 6.61 Å². The zero-order valence-electron chi connectivity index (χ0n) is 12.5. The first-order chi connectivity index (χ1) is 8.72. The van der Waals surface area contributed by atoms with E-state index in [1.54, 1.807) is 0 Å². The molecule has 1 N–H and O–H groups in total. The number of halogens is 1.